The molecule has 3 amide bonds. The van der Waals surface area contributed by atoms with Crippen molar-refractivity contribution in [1.82, 2.24) is 10.6 Å². The Morgan fingerprint density at radius 1 is 0.881 bits per heavy atom. The van der Waals surface area contributed by atoms with Crippen LogP contribution in [0.25, 0.3) is 0 Å². The van der Waals surface area contributed by atoms with Crippen molar-refractivity contribution in [1.29, 1.82) is 0 Å². The number of benzene rings is 2. The molecule has 0 spiro atoms. The van der Waals surface area contributed by atoms with Crippen molar-refractivity contribution in [3.05, 3.63) is 80.0 Å². The number of phenolic OH excluding ortho intramolecular Hbond substituents is 1. The Labute approximate surface area is 359 Å². The first-order valence-electron chi connectivity index (χ1n) is 19.8. The average Bonchev–Trinajstić information content (AvgIpc) is 3.35. The molecule has 59 heavy (non-hydrogen) atoms. The second kappa shape index (κ2) is 31.9. The second-order valence-electron chi connectivity index (χ2n) is 12.5. The maximum atomic E-state index is 11.9. The van der Waals surface area contributed by atoms with Gasteiger partial charge in [-0.2, -0.15) is 10.2 Å². The summed E-state index contributed by atoms with van der Waals surface area (Å²) < 4.78 is 5.30. The van der Waals surface area contributed by atoms with E-state index in [4.69, 9.17) is 9.73 Å². The van der Waals surface area contributed by atoms with E-state index >= 15 is 0 Å². The van der Waals surface area contributed by atoms with Gasteiger partial charge in [-0.3, -0.25) is 34.3 Å². The molecule has 0 saturated carbocycles. The van der Waals surface area contributed by atoms with E-state index in [0.717, 1.165) is 47.3 Å². The molecule has 0 aliphatic carbocycles. The number of rotatable bonds is 15. The number of carbonyl (C=O) groups is 5. The molecule has 15 heteroatoms. The van der Waals surface area contributed by atoms with E-state index in [1.165, 1.54) is 20.9 Å². The van der Waals surface area contributed by atoms with Crippen molar-refractivity contribution in [3.8, 4) is 5.75 Å². The van der Waals surface area contributed by atoms with Crippen LogP contribution in [-0.4, -0.2) is 91.0 Å². The maximum absolute atomic E-state index is 11.9. The number of aromatic hydroxyl groups is 1. The van der Waals surface area contributed by atoms with Gasteiger partial charge >= 0.3 is 0 Å². The number of hydrogen-bond donors (Lipinski definition) is 4. The molecule has 2 heterocycles. The lowest BCUT2D eigenvalue weighted by atomic mass is 9.98. The predicted octanol–water partition coefficient (Wildman–Crippen LogP) is 8.51. The molecule has 13 nitrogen and oxygen atoms in total. The summed E-state index contributed by atoms with van der Waals surface area (Å²) >= 11 is 2.85. The number of thiophene rings is 1. The summed E-state index contributed by atoms with van der Waals surface area (Å²) in [7, 11) is 0. The van der Waals surface area contributed by atoms with Gasteiger partial charge in [0.15, 0.2) is 6.29 Å². The van der Waals surface area contributed by atoms with Crippen molar-refractivity contribution in [2.24, 2.45) is 15.2 Å². The third kappa shape index (κ3) is 21.0. The quantitative estimate of drug-likeness (QED) is 0.0382. The Kier molecular flexibility index (Phi) is 29.2. The van der Waals surface area contributed by atoms with E-state index in [1.54, 1.807) is 47.9 Å². The first kappa shape index (κ1) is 54.0. The lowest BCUT2D eigenvalue weighted by molar-refractivity contribution is -0.129. The summed E-state index contributed by atoms with van der Waals surface area (Å²) in [5, 5.41) is 25.6. The topological polar surface area (TPSA) is 188 Å². The van der Waals surface area contributed by atoms with Crippen molar-refractivity contribution >= 4 is 75.5 Å². The van der Waals surface area contributed by atoms with Gasteiger partial charge in [-0.1, -0.05) is 51.6 Å². The van der Waals surface area contributed by atoms with E-state index in [-0.39, 0.29) is 22.7 Å². The van der Waals surface area contributed by atoms with Crippen LogP contribution < -0.4 is 16.0 Å². The molecule has 0 bridgehead atoms. The van der Waals surface area contributed by atoms with E-state index < -0.39 is 0 Å². The highest BCUT2D eigenvalue weighted by molar-refractivity contribution is 8.13. The molecule has 1 saturated heterocycles. The van der Waals surface area contributed by atoms with E-state index in [1.807, 2.05) is 60.6 Å². The molecule has 0 radical (unpaired) electrons. The van der Waals surface area contributed by atoms with Gasteiger partial charge in [0.1, 0.15) is 5.75 Å². The Hall–Kier alpha value is -4.99. The van der Waals surface area contributed by atoms with Crippen LogP contribution in [0, 0.1) is 20.8 Å². The molecule has 2 aromatic carbocycles. The molecule has 4 N–H and O–H groups in total. The largest absolute Gasteiger partial charge is 0.508 e. The fourth-order valence-corrected chi connectivity index (χ4v) is 6.53. The number of imide groups is 1. The Balaban J connectivity index is 0.000000889. The Bertz CT molecular complexity index is 1830. The van der Waals surface area contributed by atoms with Crippen LogP contribution in [-0.2, 0) is 19.1 Å². The van der Waals surface area contributed by atoms with Crippen LogP contribution >= 0.6 is 23.1 Å². The zero-order valence-corrected chi connectivity index (χ0v) is 38.2. The molecule has 0 atom stereocenters. The number of nitrogens with one attached hydrogen (secondary N) is 3. The van der Waals surface area contributed by atoms with Gasteiger partial charge in [0.25, 0.3) is 0 Å². The van der Waals surface area contributed by atoms with E-state index in [0.29, 0.717) is 75.2 Å². The second-order valence-corrected chi connectivity index (χ2v) is 14.7. The Morgan fingerprint density at radius 2 is 1.49 bits per heavy atom. The summed E-state index contributed by atoms with van der Waals surface area (Å²) in [6.45, 7) is 22.5. The average molecular weight is 853 g/mol. The highest BCUT2D eigenvalue weighted by Crippen LogP contribution is 2.30. The van der Waals surface area contributed by atoms with Gasteiger partial charge in [0.2, 0.25) is 23.3 Å². The van der Waals surface area contributed by atoms with Crippen molar-refractivity contribution in [2.75, 3.05) is 44.4 Å². The smallest absolute Gasteiger partial charge is 0.226 e. The number of aliphatic imine (C=N–C) groups is 1. The molecule has 1 aliphatic heterocycles. The number of carbonyl (C=O) groups excluding carboxylic acids is 5. The first-order valence-corrected chi connectivity index (χ1v) is 21.8. The van der Waals surface area contributed by atoms with Gasteiger partial charge in [-0.05, 0) is 96.5 Å². The third-order valence-electron chi connectivity index (χ3n) is 7.81. The number of anilines is 1. The van der Waals surface area contributed by atoms with E-state index in [9.17, 15) is 29.1 Å². The molecule has 4 rings (SSSR count). The third-order valence-corrected chi connectivity index (χ3v) is 9.51. The molecule has 1 aliphatic rings. The number of ether oxygens (including phenoxy) is 1. The molecular formula is C44H64N6O7S2. The number of nitrogens with zero attached hydrogens (tertiary/aromatic N) is 3. The maximum Gasteiger partial charge on any atom is 0.226 e. The van der Waals surface area contributed by atoms with Crippen molar-refractivity contribution < 1.29 is 33.8 Å². The number of aryl methyl sites for hydroxylation is 2. The van der Waals surface area contributed by atoms with Crippen LogP contribution in [0.4, 0.5) is 5.69 Å². The Morgan fingerprint density at radius 3 is 2.02 bits per heavy atom. The van der Waals surface area contributed by atoms with Crippen LogP contribution in [0.1, 0.15) is 121 Å². The lowest BCUT2D eigenvalue weighted by Gasteiger charge is -2.12. The summed E-state index contributed by atoms with van der Waals surface area (Å²) in [6, 6.07) is 12.3. The minimum absolute atomic E-state index is 0.127. The number of aldehydes is 1. The summed E-state index contributed by atoms with van der Waals surface area (Å²) in [4.78, 5) is 61.5. The number of phenols is 1. The molecule has 1 fully saturated rings. The first-order chi connectivity index (χ1) is 28.3. The highest BCUT2D eigenvalue weighted by Gasteiger charge is 2.18. The zero-order valence-electron chi connectivity index (χ0n) is 36.6. The summed E-state index contributed by atoms with van der Waals surface area (Å²) in [6.07, 6.45) is 5.67. The monoisotopic (exact) mass is 852 g/mol. The minimum atomic E-state index is -0.156. The standard InChI is InChI=1S/C20H25N3OS.C14H18N2O4S.C6H9NO2.2C2H6/c1-12(2)22-23-13(3)11-21-20(17-7-9-18(24)10-8-17)19-14(4)15(5)25-16(19)6;1-21-14(19)13-11(9-17)3-2-4-12(13)16-6-8-20-7-5-15-10-18;8-5-3-1-2-4-6(9)7-5;2*1-2/h7-10,24H,11H2,1-6H3;2-4,9-10,16H,5-8H2,1H3,(H,15,18);1-4H2,(H,7,8,9);2*1-2H3/b21-20?,23-13+;;;;. The minimum Gasteiger partial charge on any atom is -0.508 e. The normalized spacial score (nSPS) is 12.2. The van der Waals surface area contributed by atoms with Crippen LogP contribution in [0.15, 0.2) is 57.7 Å². The van der Waals surface area contributed by atoms with Gasteiger partial charge in [0, 0.05) is 63.8 Å². The molecular weight excluding hydrogens is 789 g/mol. The lowest BCUT2D eigenvalue weighted by Crippen LogP contribution is -2.27. The van der Waals surface area contributed by atoms with Crippen molar-refractivity contribution in [2.45, 2.75) is 94.9 Å². The molecule has 324 valence electrons. The SMILES string of the molecule is CC.CC.CC(C)=N/N=C(\C)CN=C(c1ccc(O)cc1)c1c(C)sc(C)c1C.CSC(=O)c1c(C=O)cccc1NCCOCCNC=O.O=C1CCCCC(=O)N1. The summed E-state index contributed by atoms with van der Waals surface area (Å²) in [5.41, 5.74) is 7.52. The highest BCUT2D eigenvalue weighted by atomic mass is 32.2. The number of hydrogen-bond acceptors (Lipinski definition) is 13. The van der Waals surface area contributed by atoms with Gasteiger partial charge in [-0.25, -0.2) is 0 Å². The number of amides is 3. The van der Waals surface area contributed by atoms with Crippen LogP contribution in [0.5, 0.6) is 5.75 Å². The van der Waals surface area contributed by atoms with Crippen molar-refractivity contribution in [3.63, 3.8) is 0 Å². The fourth-order valence-electron chi connectivity index (χ4n) is 5.03. The van der Waals surface area contributed by atoms with Gasteiger partial charge < -0.3 is 20.5 Å². The molecule has 3 aromatic rings. The van der Waals surface area contributed by atoms with Crippen LogP contribution in [0.3, 0.4) is 0 Å². The predicted molar refractivity (Wildman–Crippen MR) is 246 cm³/mol. The van der Waals surface area contributed by atoms with Gasteiger partial charge in [0.05, 0.1) is 36.7 Å². The molecule has 0 unspecified atom stereocenters. The van der Waals surface area contributed by atoms with Crippen LogP contribution in [0.2, 0.25) is 0 Å². The van der Waals surface area contributed by atoms with Gasteiger partial charge in [-0.15, -0.1) is 11.3 Å². The molecule has 1 aromatic heterocycles. The summed E-state index contributed by atoms with van der Waals surface area (Å²) in [5.74, 6) is -0.00135. The fraction of sp³-hybridized carbons (Fsp3) is 0.455. The number of thioether (sulfide) groups is 1. The van der Waals surface area contributed by atoms with E-state index in [2.05, 4.69) is 46.9 Å². The zero-order chi connectivity index (χ0) is 44.8.